The summed E-state index contributed by atoms with van der Waals surface area (Å²) in [6.45, 7) is 3.16. The van der Waals surface area contributed by atoms with E-state index in [-0.39, 0.29) is 22.7 Å². The van der Waals surface area contributed by atoms with Crippen molar-refractivity contribution in [2.75, 3.05) is 19.7 Å². The lowest BCUT2D eigenvalue weighted by Crippen LogP contribution is -2.39. The smallest absolute Gasteiger partial charge is 0.409 e. The molecule has 1 aliphatic heterocycles. The highest BCUT2D eigenvalue weighted by Gasteiger charge is 2.27. The van der Waals surface area contributed by atoms with Crippen molar-refractivity contribution in [1.82, 2.24) is 24.4 Å². The van der Waals surface area contributed by atoms with Gasteiger partial charge in [0.15, 0.2) is 0 Å². The third-order valence-corrected chi connectivity index (χ3v) is 5.91. The van der Waals surface area contributed by atoms with Gasteiger partial charge in [-0.2, -0.15) is 8.42 Å². The van der Waals surface area contributed by atoms with Crippen LogP contribution in [0, 0.1) is 10.6 Å². The lowest BCUT2D eigenvalue weighted by molar-refractivity contribution is 0.0928. The molecule has 2 aromatic heterocycles. The number of likely N-dealkylation sites (tertiary alicyclic amines) is 1. The average molecular weight is 460 g/mol. The molecule has 0 aliphatic carbocycles. The minimum Gasteiger partial charge on any atom is -0.450 e. The highest BCUT2D eigenvalue weighted by molar-refractivity contribution is 7.63. The zero-order valence-corrected chi connectivity index (χ0v) is 18.2. The van der Waals surface area contributed by atoms with Crippen molar-refractivity contribution in [1.29, 1.82) is 0 Å². The van der Waals surface area contributed by atoms with Crippen molar-refractivity contribution < 1.29 is 22.3 Å². The van der Waals surface area contributed by atoms with E-state index in [9.17, 15) is 17.6 Å². The average Bonchev–Trinajstić information content (AvgIpc) is 3.25. The lowest BCUT2D eigenvalue weighted by atomic mass is 10.0. The Balaban J connectivity index is 1.76. The van der Waals surface area contributed by atoms with Crippen molar-refractivity contribution in [3.8, 4) is 22.6 Å². The first-order chi connectivity index (χ1) is 15.5. The van der Waals surface area contributed by atoms with Crippen LogP contribution >= 0.6 is 0 Å². The molecule has 1 aliphatic rings. The van der Waals surface area contributed by atoms with E-state index in [4.69, 9.17) is 4.74 Å². The number of carbonyl (C=O) groups excluding carboxylic acids is 1. The first-order valence-electron chi connectivity index (χ1n) is 10.2. The molecule has 0 saturated carbocycles. The van der Waals surface area contributed by atoms with Gasteiger partial charge in [-0.15, -0.1) is 0 Å². The van der Waals surface area contributed by atoms with Crippen molar-refractivity contribution in [3.63, 3.8) is 0 Å². The van der Waals surface area contributed by atoms with E-state index in [2.05, 4.69) is 15.0 Å². The summed E-state index contributed by atoms with van der Waals surface area (Å²) in [4.78, 5) is 25.0. The van der Waals surface area contributed by atoms with Gasteiger partial charge in [0.05, 0.1) is 30.0 Å². The van der Waals surface area contributed by atoms with Gasteiger partial charge in [-0.3, -0.25) is 0 Å². The number of halogens is 1. The molecule has 0 atom stereocenters. The van der Waals surface area contributed by atoms with Gasteiger partial charge < -0.3 is 19.2 Å². The molecule has 1 amide bonds. The molecule has 32 heavy (non-hydrogen) atoms. The third-order valence-electron chi connectivity index (χ3n) is 5.38. The lowest BCUT2D eigenvalue weighted by Gasteiger charge is -2.32. The zero-order valence-electron chi connectivity index (χ0n) is 17.4. The maximum absolute atomic E-state index is 13.5. The molecule has 3 aromatic rings. The molecule has 3 heterocycles. The van der Waals surface area contributed by atoms with Crippen LogP contribution in [0.5, 0.6) is 0 Å². The molecule has 1 fully saturated rings. The molecule has 0 spiro atoms. The Morgan fingerprint density at radius 3 is 2.56 bits per heavy atom. The molecule has 1 aromatic carbocycles. The number of imidazole rings is 1. The van der Waals surface area contributed by atoms with Crippen molar-refractivity contribution in [2.24, 2.45) is 0 Å². The largest absolute Gasteiger partial charge is 0.450 e. The number of H-pyrrole nitrogens is 1. The predicted molar refractivity (Wildman–Crippen MR) is 114 cm³/mol. The molecular weight excluding hydrogens is 437 g/mol. The fraction of sp³-hybridized carbons (Fsp3) is 0.333. The topological polar surface area (TPSA) is 110 Å². The summed E-state index contributed by atoms with van der Waals surface area (Å²) in [7, 11) is -2.53. The van der Waals surface area contributed by atoms with E-state index in [1.807, 2.05) is 4.57 Å². The van der Waals surface area contributed by atoms with Crippen molar-refractivity contribution in [2.45, 2.75) is 25.8 Å². The molecule has 1 saturated heterocycles. The SMILES string of the molecule is CCOC(=O)N1CCC(n2cnc(-c3ccc(F)cc3)c2-c2ccnc(=S(=O)=O)[nH]2)CC1. The summed E-state index contributed by atoms with van der Waals surface area (Å²) in [5.74, 6) is -0.361. The van der Waals surface area contributed by atoms with Crippen LogP contribution in [-0.4, -0.2) is 58.6 Å². The second kappa shape index (κ2) is 9.35. The van der Waals surface area contributed by atoms with E-state index >= 15 is 0 Å². The van der Waals surface area contributed by atoms with Crippen LogP contribution in [0.4, 0.5) is 9.18 Å². The van der Waals surface area contributed by atoms with E-state index in [0.717, 1.165) is 0 Å². The fourth-order valence-corrected chi connectivity index (χ4v) is 4.20. The molecule has 0 radical (unpaired) electrons. The minimum atomic E-state index is -2.53. The number of carbonyl (C=O) groups is 1. The second-order valence-corrected chi connectivity index (χ2v) is 8.15. The summed E-state index contributed by atoms with van der Waals surface area (Å²) in [5, 5.41) is 0. The number of hydrogen-bond donors (Lipinski definition) is 1. The Morgan fingerprint density at radius 1 is 1.19 bits per heavy atom. The molecule has 4 rings (SSSR count). The van der Waals surface area contributed by atoms with E-state index < -0.39 is 10.3 Å². The summed E-state index contributed by atoms with van der Waals surface area (Å²) in [5.41, 5.74) is 2.46. The number of benzene rings is 1. The molecule has 168 valence electrons. The summed E-state index contributed by atoms with van der Waals surface area (Å²) in [6, 6.07) is 7.66. The van der Waals surface area contributed by atoms with Gasteiger partial charge in [-0.25, -0.2) is 19.2 Å². The van der Waals surface area contributed by atoms with Crippen molar-refractivity contribution >= 4 is 16.4 Å². The first kappa shape index (κ1) is 21.8. The molecule has 0 bridgehead atoms. The van der Waals surface area contributed by atoms with Crippen LogP contribution in [0.15, 0.2) is 42.9 Å². The fourth-order valence-electron chi connectivity index (χ4n) is 3.86. The third kappa shape index (κ3) is 4.42. The summed E-state index contributed by atoms with van der Waals surface area (Å²) < 4.78 is 43.2. The van der Waals surface area contributed by atoms with Crippen LogP contribution in [-0.2, 0) is 15.0 Å². The minimum absolute atomic E-state index is 0.0279. The molecule has 11 heteroatoms. The summed E-state index contributed by atoms with van der Waals surface area (Å²) >= 11 is 0. The van der Waals surface area contributed by atoms with Gasteiger partial charge in [0.25, 0.3) is 15.1 Å². The van der Waals surface area contributed by atoms with Crippen LogP contribution in [0.3, 0.4) is 0 Å². The van der Waals surface area contributed by atoms with Crippen LogP contribution < -0.4 is 0 Å². The number of rotatable bonds is 4. The second-order valence-electron chi connectivity index (χ2n) is 7.30. The number of piperidine rings is 1. The van der Waals surface area contributed by atoms with Gasteiger partial charge in [0.1, 0.15) is 5.82 Å². The van der Waals surface area contributed by atoms with Crippen LogP contribution in [0.2, 0.25) is 0 Å². The Morgan fingerprint density at radius 2 is 1.91 bits per heavy atom. The van der Waals surface area contributed by atoms with Gasteiger partial charge in [0.2, 0.25) is 0 Å². The van der Waals surface area contributed by atoms with Crippen LogP contribution in [0.1, 0.15) is 25.8 Å². The number of aromatic amines is 1. The van der Waals surface area contributed by atoms with E-state index in [0.29, 0.717) is 55.2 Å². The number of nitrogens with zero attached hydrogens (tertiary/aromatic N) is 4. The Labute approximate surface area is 185 Å². The monoisotopic (exact) mass is 459 g/mol. The number of amides is 1. The molecule has 9 nitrogen and oxygen atoms in total. The Bertz CT molecular complexity index is 1280. The van der Waals surface area contributed by atoms with Gasteiger partial charge in [-0.05, 0) is 50.1 Å². The molecule has 0 unspecified atom stereocenters. The standard InChI is InChI=1S/C21H22FN5O4S/c1-2-31-21(28)26-11-8-16(9-12-26)27-13-24-18(14-3-5-15(22)6-4-14)19(27)17-7-10-23-20(25-17)32(29)30/h3-7,10,13,16,25H,2,8-9,11-12H2,1H3. The normalized spacial score (nSPS) is 14.4. The van der Waals surface area contributed by atoms with E-state index in [1.54, 1.807) is 36.4 Å². The zero-order chi connectivity index (χ0) is 22.7. The maximum Gasteiger partial charge on any atom is 0.409 e. The quantitative estimate of drug-likeness (QED) is 0.600. The summed E-state index contributed by atoms with van der Waals surface area (Å²) in [6.07, 6.45) is 4.13. The van der Waals surface area contributed by atoms with Gasteiger partial charge >= 0.3 is 6.09 Å². The molecule has 1 N–H and O–H groups in total. The maximum atomic E-state index is 13.5. The number of nitrogens with one attached hydrogen (secondary N) is 1. The highest BCUT2D eigenvalue weighted by Crippen LogP contribution is 2.35. The van der Waals surface area contributed by atoms with Crippen LogP contribution in [0.25, 0.3) is 22.6 Å². The molecular formula is C21H22FN5O4S. The predicted octanol–water partition coefficient (Wildman–Crippen LogP) is 3.28. The Hall–Kier alpha value is -3.47. The Kier molecular flexibility index (Phi) is 6.35. The number of ether oxygens (including phenoxy) is 1. The van der Waals surface area contributed by atoms with Gasteiger partial charge in [0, 0.05) is 30.9 Å². The number of hydrogen-bond acceptors (Lipinski definition) is 6. The van der Waals surface area contributed by atoms with Crippen molar-refractivity contribution in [3.05, 3.63) is 53.4 Å². The van der Waals surface area contributed by atoms with Gasteiger partial charge in [-0.1, -0.05) is 0 Å². The first-order valence-corrected chi connectivity index (χ1v) is 11.3. The highest BCUT2D eigenvalue weighted by atomic mass is 32.2. The number of aromatic nitrogens is 4. The van der Waals surface area contributed by atoms with E-state index in [1.165, 1.54) is 18.3 Å².